The number of carbonyl (C=O) groups is 2. The van der Waals surface area contributed by atoms with E-state index in [1.165, 1.54) is 0 Å². The maximum Gasteiger partial charge on any atom is 0.225 e. The lowest BCUT2D eigenvalue weighted by Gasteiger charge is -2.22. The van der Waals surface area contributed by atoms with Crippen molar-refractivity contribution in [2.45, 2.75) is 32.4 Å². The minimum atomic E-state index is -0.819. The highest BCUT2D eigenvalue weighted by molar-refractivity contribution is 6.30. The molecule has 1 heterocycles. The van der Waals surface area contributed by atoms with Crippen molar-refractivity contribution in [1.82, 2.24) is 10.2 Å². The SMILES string of the molecule is CCN1CC(C(=O)NC(C)C(O)c2ccc(Cl)cc2)CC1=O. The number of nitrogens with zero attached hydrogens (tertiary/aromatic N) is 1. The van der Waals surface area contributed by atoms with Gasteiger partial charge in [-0.3, -0.25) is 9.59 Å². The van der Waals surface area contributed by atoms with Gasteiger partial charge in [0.2, 0.25) is 11.8 Å². The third-order valence-corrected chi connectivity index (χ3v) is 4.27. The van der Waals surface area contributed by atoms with Gasteiger partial charge in [-0.15, -0.1) is 0 Å². The molecule has 0 aliphatic carbocycles. The standard InChI is InChI=1S/C16H21ClN2O3/c1-3-19-9-12(8-14(19)20)16(22)18-10(2)15(21)11-4-6-13(17)7-5-11/h4-7,10,12,15,21H,3,8-9H2,1-2H3,(H,18,22). The Morgan fingerprint density at radius 1 is 1.45 bits per heavy atom. The highest BCUT2D eigenvalue weighted by Crippen LogP contribution is 2.21. The van der Waals surface area contributed by atoms with Gasteiger partial charge < -0.3 is 15.3 Å². The summed E-state index contributed by atoms with van der Waals surface area (Å²) < 4.78 is 0. The molecule has 1 aromatic carbocycles. The Morgan fingerprint density at radius 2 is 2.09 bits per heavy atom. The molecule has 1 aliphatic heterocycles. The quantitative estimate of drug-likeness (QED) is 0.867. The van der Waals surface area contributed by atoms with E-state index in [9.17, 15) is 14.7 Å². The first-order valence-corrected chi connectivity index (χ1v) is 7.81. The van der Waals surface area contributed by atoms with Crippen LogP contribution in [0.15, 0.2) is 24.3 Å². The topological polar surface area (TPSA) is 69.6 Å². The van der Waals surface area contributed by atoms with Crippen LogP contribution in [0.4, 0.5) is 0 Å². The largest absolute Gasteiger partial charge is 0.386 e. The van der Waals surface area contributed by atoms with Crippen LogP contribution in [0.25, 0.3) is 0 Å². The lowest BCUT2D eigenvalue weighted by Crippen LogP contribution is -2.41. The Hall–Kier alpha value is -1.59. The predicted octanol–water partition coefficient (Wildman–Crippen LogP) is 1.75. The number of hydrogen-bond donors (Lipinski definition) is 2. The summed E-state index contributed by atoms with van der Waals surface area (Å²) in [6.07, 6.45) is -0.579. The number of hydrogen-bond acceptors (Lipinski definition) is 3. The molecule has 0 spiro atoms. The van der Waals surface area contributed by atoms with Crippen LogP contribution in [0.5, 0.6) is 0 Å². The van der Waals surface area contributed by atoms with Gasteiger partial charge in [-0.05, 0) is 31.5 Å². The second-order valence-corrected chi connectivity index (χ2v) is 6.06. The van der Waals surface area contributed by atoms with Crippen LogP contribution in [0, 0.1) is 5.92 Å². The molecule has 6 heteroatoms. The molecule has 1 aromatic rings. The summed E-state index contributed by atoms with van der Waals surface area (Å²) in [5.41, 5.74) is 0.690. The minimum Gasteiger partial charge on any atom is -0.386 e. The normalized spacial score (nSPS) is 20.8. The molecule has 2 amide bonds. The van der Waals surface area contributed by atoms with E-state index < -0.39 is 12.1 Å². The van der Waals surface area contributed by atoms with Crippen LogP contribution in [-0.2, 0) is 9.59 Å². The molecular weight excluding hydrogens is 304 g/mol. The maximum atomic E-state index is 12.2. The van der Waals surface area contributed by atoms with Gasteiger partial charge in [0.05, 0.1) is 18.1 Å². The van der Waals surface area contributed by atoms with E-state index in [-0.39, 0.29) is 24.2 Å². The maximum absolute atomic E-state index is 12.2. The van der Waals surface area contributed by atoms with Crippen molar-refractivity contribution in [1.29, 1.82) is 0 Å². The molecule has 3 unspecified atom stereocenters. The average molecular weight is 325 g/mol. The highest BCUT2D eigenvalue weighted by atomic mass is 35.5. The van der Waals surface area contributed by atoms with Crippen molar-refractivity contribution < 1.29 is 14.7 Å². The van der Waals surface area contributed by atoms with Crippen LogP contribution < -0.4 is 5.32 Å². The summed E-state index contributed by atoms with van der Waals surface area (Å²) in [4.78, 5) is 25.6. The first-order valence-electron chi connectivity index (χ1n) is 7.44. The molecule has 0 radical (unpaired) electrons. The fraction of sp³-hybridized carbons (Fsp3) is 0.500. The molecule has 3 atom stereocenters. The van der Waals surface area contributed by atoms with Crippen molar-refractivity contribution in [2.75, 3.05) is 13.1 Å². The fourth-order valence-corrected chi connectivity index (χ4v) is 2.75. The van der Waals surface area contributed by atoms with Gasteiger partial charge in [0, 0.05) is 24.5 Å². The smallest absolute Gasteiger partial charge is 0.225 e. The summed E-state index contributed by atoms with van der Waals surface area (Å²) >= 11 is 5.82. The van der Waals surface area contributed by atoms with Gasteiger partial charge in [-0.2, -0.15) is 0 Å². The van der Waals surface area contributed by atoms with Crippen LogP contribution in [0.3, 0.4) is 0 Å². The van der Waals surface area contributed by atoms with Gasteiger partial charge in [0.1, 0.15) is 0 Å². The summed E-state index contributed by atoms with van der Waals surface area (Å²) in [7, 11) is 0. The first-order chi connectivity index (χ1) is 10.4. The molecule has 2 N–H and O–H groups in total. The van der Waals surface area contributed by atoms with Gasteiger partial charge in [0.15, 0.2) is 0 Å². The predicted molar refractivity (Wildman–Crippen MR) is 84.4 cm³/mol. The summed E-state index contributed by atoms with van der Waals surface area (Å²) in [6.45, 7) is 4.70. The number of benzene rings is 1. The lowest BCUT2D eigenvalue weighted by atomic mass is 10.0. The second-order valence-electron chi connectivity index (χ2n) is 5.63. The van der Waals surface area contributed by atoms with E-state index in [1.807, 2.05) is 6.92 Å². The molecule has 1 fully saturated rings. The summed E-state index contributed by atoms with van der Waals surface area (Å²) in [6, 6.07) is 6.41. The molecule has 2 rings (SSSR count). The van der Waals surface area contributed by atoms with Gasteiger partial charge in [0.25, 0.3) is 0 Å². The third kappa shape index (κ3) is 3.78. The van der Waals surface area contributed by atoms with Crippen molar-refractivity contribution in [3.63, 3.8) is 0 Å². The van der Waals surface area contributed by atoms with Crippen molar-refractivity contribution in [3.8, 4) is 0 Å². The fourth-order valence-electron chi connectivity index (χ4n) is 2.62. The zero-order valence-corrected chi connectivity index (χ0v) is 13.5. The van der Waals surface area contributed by atoms with Crippen molar-refractivity contribution >= 4 is 23.4 Å². The number of halogens is 1. The van der Waals surface area contributed by atoms with E-state index in [1.54, 1.807) is 36.1 Å². The van der Waals surface area contributed by atoms with E-state index >= 15 is 0 Å². The molecule has 1 saturated heterocycles. The molecule has 0 saturated carbocycles. The number of nitrogens with one attached hydrogen (secondary N) is 1. The molecule has 5 nitrogen and oxygen atoms in total. The monoisotopic (exact) mass is 324 g/mol. The summed E-state index contributed by atoms with van der Waals surface area (Å²) in [5.74, 6) is -0.523. The first kappa shape index (κ1) is 16.8. The van der Waals surface area contributed by atoms with Gasteiger partial charge in [-0.1, -0.05) is 23.7 Å². The number of amides is 2. The average Bonchev–Trinajstić information content (AvgIpc) is 2.88. The summed E-state index contributed by atoms with van der Waals surface area (Å²) in [5, 5.41) is 13.7. The van der Waals surface area contributed by atoms with Gasteiger partial charge in [-0.25, -0.2) is 0 Å². The van der Waals surface area contributed by atoms with E-state index in [4.69, 9.17) is 11.6 Å². The number of aliphatic hydroxyl groups is 1. The van der Waals surface area contributed by atoms with Crippen molar-refractivity contribution in [3.05, 3.63) is 34.9 Å². The molecule has 1 aliphatic rings. The Kier molecular flexibility index (Phi) is 5.42. The molecule has 0 bridgehead atoms. The number of rotatable bonds is 5. The number of likely N-dealkylation sites (tertiary alicyclic amines) is 1. The van der Waals surface area contributed by atoms with E-state index in [0.29, 0.717) is 23.7 Å². The van der Waals surface area contributed by atoms with Crippen LogP contribution >= 0.6 is 11.6 Å². The Morgan fingerprint density at radius 3 is 2.64 bits per heavy atom. The molecule has 0 aromatic heterocycles. The number of carbonyl (C=O) groups excluding carboxylic acids is 2. The zero-order valence-electron chi connectivity index (χ0n) is 12.8. The minimum absolute atomic E-state index is 0.00792. The Balaban J connectivity index is 1.93. The van der Waals surface area contributed by atoms with Crippen molar-refractivity contribution in [2.24, 2.45) is 5.92 Å². The van der Waals surface area contributed by atoms with E-state index in [2.05, 4.69) is 5.32 Å². The zero-order chi connectivity index (χ0) is 16.3. The molecule has 22 heavy (non-hydrogen) atoms. The Labute approximate surface area is 135 Å². The lowest BCUT2D eigenvalue weighted by molar-refractivity contribution is -0.129. The van der Waals surface area contributed by atoms with Crippen LogP contribution in [0.2, 0.25) is 5.02 Å². The highest BCUT2D eigenvalue weighted by Gasteiger charge is 2.34. The molecule has 120 valence electrons. The Bertz CT molecular complexity index is 547. The number of aliphatic hydroxyl groups excluding tert-OH is 1. The van der Waals surface area contributed by atoms with Crippen LogP contribution in [-0.4, -0.2) is 41.0 Å². The molecular formula is C16H21ClN2O3. The van der Waals surface area contributed by atoms with Crippen LogP contribution in [0.1, 0.15) is 31.9 Å². The van der Waals surface area contributed by atoms with E-state index in [0.717, 1.165) is 0 Å². The van der Waals surface area contributed by atoms with Gasteiger partial charge >= 0.3 is 0 Å². The second kappa shape index (κ2) is 7.11. The third-order valence-electron chi connectivity index (χ3n) is 4.02.